The third-order valence-electron chi connectivity index (χ3n) is 11.5. The summed E-state index contributed by atoms with van der Waals surface area (Å²) in [7, 11) is 0. The number of carbonyl (C=O) groups excluding carboxylic acids is 3. The minimum Gasteiger partial charge on any atom is -0.462 e. The molecule has 0 heterocycles. The second kappa shape index (κ2) is 54.9. The van der Waals surface area contributed by atoms with Gasteiger partial charge in [0.15, 0.2) is 6.10 Å². The van der Waals surface area contributed by atoms with Gasteiger partial charge in [-0.15, -0.1) is 0 Å². The first-order valence-electron chi connectivity index (χ1n) is 27.7. The first-order chi connectivity index (χ1) is 33.0. The molecular formula is C61H102O6. The number of hydrogen-bond donors (Lipinski definition) is 0. The van der Waals surface area contributed by atoms with Gasteiger partial charge in [0.25, 0.3) is 0 Å². The Morgan fingerprint density at radius 3 is 0.940 bits per heavy atom. The molecule has 67 heavy (non-hydrogen) atoms. The third kappa shape index (κ3) is 53.2. The summed E-state index contributed by atoms with van der Waals surface area (Å²) in [5.74, 6) is -0.961. The van der Waals surface area contributed by atoms with E-state index in [-0.39, 0.29) is 37.5 Å². The van der Waals surface area contributed by atoms with Gasteiger partial charge < -0.3 is 14.2 Å². The first-order valence-corrected chi connectivity index (χ1v) is 27.7. The molecule has 6 heteroatoms. The van der Waals surface area contributed by atoms with E-state index < -0.39 is 6.10 Å². The van der Waals surface area contributed by atoms with Gasteiger partial charge in [0.2, 0.25) is 0 Å². The van der Waals surface area contributed by atoms with Crippen LogP contribution in [-0.2, 0) is 28.6 Å². The van der Waals surface area contributed by atoms with Crippen molar-refractivity contribution >= 4 is 17.9 Å². The zero-order valence-corrected chi connectivity index (χ0v) is 43.6. The molecule has 0 aromatic heterocycles. The van der Waals surface area contributed by atoms with E-state index in [0.29, 0.717) is 19.3 Å². The average molecular weight is 931 g/mol. The van der Waals surface area contributed by atoms with E-state index in [1.165, 1.54) is 96.3 Å². The smallest absolute Gasteiger partial charge is 0.306 e. The van der Waals surface area contributed by atoms with E-state index in [1.54, 1.807) is 0 Å². The molecule has 0 aromatic rings. The van der Waals surface area contributed by atoms with Crippen LogP contribution in [0.25, 0.3) is 0 Å². The summed E-state index contributed by atoms with van der Waals surface area (Å²) in [4.78, 5) is 38.1. The largest absolute Gasteiger partial charge is 0.462 e. The van der Waals surface area contributed by atoms with Crippen LogP contribution >= 0.6 is 0 Å². The Morgan fingerprint density at radius 1 is 0.313 bits per heavy atom. The number of carbonyl (C=O) groups is 3. The van der Waals surface area contributed by atoms with Crippen LogP contribution in [0.15, 0.2) is 97.2 Å². The molecule has 0 aromatic carbocycles. The van der Waals surface area contributed by atoms with E-state index >= 15 is 0 Å². The number of unbranched alkanes of at least 4 members (excludes halogenated alkanes) is 22. The molecule has 0 spiro atoms. The second-order valence-corrected chi connectivity index (χ2v) is 18.1. The maximum absolute atomic E-state index is 12.8. The molecule has 0 amide bonds. The Balaban J connectivity index is 4.46. The Kier molecular flexibility index (Phi) is 51.9. The number of ether oxygens (including phenoxy) is 3. The molecule has 0 aliphatic rings. The molecule has 0 bridgehead atoms. The summed E-state index contributed by atoms with van der Waals surface area (Å²) in [6, 6.07) is 0. The summed E-state index contributed by atoms with van der Waals surface area (Å²) in [5, 5.41) is 0. The van der Waals surface area contributed by atoms with E-state index in [1.807, 2.05) is 0 Å². The highest BCUT2D eigenvalue weighted by Gasteiger charge is 2.19. The summed E-state index contributed by atoms with van der Waals surface area (Å²) < 4.78 is 16.8. The SMILES string of the molecule is CC/C=C\C/C=C\C/C=C\CCCCCCCC(=O)OC[C@H](COC(=O)CCCCCCCCCCC/C=C\C/C=C\CCCCC)OC(=O)CCCC/C=C\C/C=C\C/C=C\CCCCC. The summed E-state index contributed by atoms with van der Waals surface area (Å²) in [5.41, 5.74) is 0. The molecule has 1 atom stereocenters. The molecular weight excluding hydrogens is 829 g/mol. The lowest BCUT2D eigenvalue weighted by molar-refractivity contribution is -0.167. The lowest BCUT2D eigenvalue weighted by Crippen LogP contribution is -2.30. The fourth-order valence-electron chi connectivity index (χ4n) is 7.37. The van der Waals surface area contributed by atoms with Crippen LogP contribution in [-0.4, -0.2) is 37.2 Å². The fourth-order valence-corrected chi connectivity index (χ4v) is 7.37. The van der Waals surface area contributed by atoms with Crippen molar-refractivity contribution in [1.82, 2.24) is 0 Å². The van der Waals surface area contributed by atoms with Gasteiger partial charge in [-0.2, -0.15) is 0 Å². The second-order valence-electron chi connectivity index (χ2n) is 18.1. The highest BCUT2D eigenvalue weighted by molar-refractivity contribution is 5.71. The molecule has 0 unspecified atom stereocenters. The van der Waals surface area contributed by atoms with E-state index in [4.69, 9.17) is 14.2 Å². The summed E-state index contributed by atoms with van der Waals surface area (Å²) >= 11 is 0. The van der Waals surface area contributed by atoms with Crippen LogP contribution in [0.4, 0.5) is 0 Å². The summed E-state index contributed by atoms with van der Waals surface area (Å²) in [6.45, 7) is 6.42. The van der Waals surface area contributed by atoms with Crippen molar-refractivity contribution in [3.63, 3.8) is 0 Å². The Labute approximate surface area is 413 Å². The fraction of sp³-hybridized carbons (Fsp3) is 0.689. The molecule has 0 fully saturated rings. The van der Waals surface area contributed by atoms with Gasteiger partial charge in [-0.05, 0) is 122 Å². The normalized spacial score (nSPS) is 12.8. The quantitative estimate of drug-likeness (QED) is 0.0262. The topological polar surface area (TPSA) is 78.9 Å². The van der Waals surface area contributed by atoms with Gasteiger partial charge in [-0.3, -0.25) is 14.4 Å². The highest BCUT2D eigenvalue weighted by Crippen LogP contribution is 2.14. The number of allylic oxidation sites excluding steroid dienone is 16. The third-order valence-corrected chi connectivity index (χ3v) is 11.5. The van der Waals surface area contributed by atoms with Crippen LogP contribution in [0.1, 0.15) is 252 Å². The van der Waals surface area contributed by atoms with Crippen molar-refractivity contribution in [1.29, 1.82) is 0 Å². The maximum atomic E-state index is 12.8. The highest BCUT2D eigenvalue weighted by atomic mass is 16.6. The molecule has 0 aliphatic heterocycles. The van der Waals surface area contributed by atoms with E-state index in [2.05, 4.69) is 118 Å². The van der Waals surface area contributed by atoms with Gasteiger partial charge in [0, 0.05) is 19.3 Å². The Hall–Kier alpha value is -3.67. The molecule has 382 valence electrons. The van der Waals surface area contributed by atoms with Crippen LogP contribution in [0, 0.1) is 0 Å². The Morgan fingerprint density at radius 2 is 0.582 bits per heavy atom. The number of rotatable bonds is 49. The molecule has 0 rings (SSSR count). The van der Waals surface area contributed by atoms with Crippen molar-refractivity contribution in [2.45, 2.75) is 258 Å². The average Bonchev–Trinajstić information content (AvgIpc) is 3.33. The van der Waals surface area contributed by atoms with Gasteiger partial charge in [0.05, 0.1) is 0 Å². The van der Waals surface area contributed by atoms with Crippen molar-refractivity contribution in [3.8, 4) is 0 Å². The van der Waals surface area contributed by atoms with Gasteiger partial charge in [-0.1, -0.05) is 208 Å². The van der Waals surface area contributed by atoms with E-state index in [9.17, 15) is 14.4 Å². The number of esters is 3. The molecule has 0 radical (unpaired) electrons. The lowest BCUT2D eigenvalue weighted by Gasteiger charge is -2.18. The minimum atomic E-state index is -0.807. The predicted octanol–water partition coefficient (Wildman–Crippen LogP) is 18.5. The lowest BCUT2D eigenvalue weighted by atomic mass is 10.1. The minimum absolute atomic E-state index is 0.101. The molecule has 0 N–H and O–H groups in total. The van der Waals surface area contributed by atoms with Crippen LogP contribution < -0.4 is 0 Å². The zero-order chi connectivity index (χ0) is 48.6. The summed E-state index contributed by atoms with van der Waals surface area (Å²) in [6.07, 6.45) is 72.5. The predicted molar refractivity (Wildman–Crippen MR) is 288 cm³/mol. The standard InChI is InChI=1S/C61H102O6/c1-4-7-10-13-16-19-22-25-28-29-30-31-34-36-39-42-45-48-51-54-60(63)66-57-58(67-61(64)55-52-49-46-43-40-37-33-27-24-21-18-15-12-9-6-3)56-65-59(62)53-50-47-44-41-38-35-32-26-23-20-17-14-11-8-5-2/h8,11,16-21,25-28,32-33,40,43,58H,4-7,9-10,12-15,22-24,29-31,34-39,41-42,44-57H2,1-3H3/b11-8-,19-16-,20-17-,21-18-,28-25-,32-26-,33-27-,43-40-/t58-/m1/s1. The molecule has 0 saturated heterocycles. The Bertz CT molecular complexity index is 1350. The molecule has 0 aliphatic carbocycles. The van der Waals surface area contributed by atoms with Gasteiger partial charge in [0.1, 0.15) is 13.2 Å². The monoisotopic (exact) mass is 931 g/mol. The van der Waals surface area contributed by atoms with Crippen molar-refractivity contribution in [2.24, 2.45) is 0 Å². The molecule has 6 nitrogen and oxygen atoms in total. The zero-order valence-electron chi connectivity index (χ0n) is 43.6. The first kappa shape index (κ1) is 63.3. The maximum Gasteiger partial charge on any atom is 0.306 e. The van der Waals surface area contributed by atoms with Crippen LogP contribution in [0.2, 0.25) is 0 Å². The molecule has 0 saturated carbocycles. The van der Waals surface area contributed by atoms with Crippen LogP contribution in [0.5, 0.6) is 0 Å². The van der Waals surface area contributed by atoms with E-state index in [0.717, 1.165) is 109 Å². The van der Waals surface area contributed by atoms with Crippen LogP contribution in [0.3, 0.4) is 0 Å². The van der Waals surface area contributed by atoms with Gasteiger partial charge in [-0.25, -0.2) is 0 Å². The van der Waals surface area contributed by atoms with Crippen molar-refractivity contribution < 1.29 is 28.6 Å². The van der Waals surface area contributed by atoms with Crippen molar-refractivity contribution in [3.05, 3.63) is 97.2 Å². The van der Waals surface area contributed by atoms with Crippen molar-refractivity contribution in [2.75, 3.05) is 13.2 Å². The van der Waals surface area contributed by atoms with Gasteiger partial charge >= 0.3 is 17.9 Å². The number of hydrogen-bond acceptors (Lipinski definition) is 6.